The second kappa shape index (κ2) is 7.27. The zero-order valence-electron chi connectivity index (χ0n) is 13.0. The molecule has 0 radical (unpaired) electrons. The Bertz CT molecular complexity index is 879. The van der Waals surface area contributed by atoms with E-state index in [1.165, 1.54) is 30.3 Å². The van der Waals surface area contributed by atoms with E-state index < -0.39 is 15.8 Å². The minimum atomic E-state index is -3.95. The van der Waals surface area contributed by atoms with Crippen molar-refractivity contribution >= 4 is 21.6 Å². The summed E-state index contributed by atoms with van der Waals surface area (Å²) in [5, 5.41) is 2.60. The van der Waals surface area contributed by atoms with E-state index in [9.17, 15) is 17.6 Å². The predicted molar refractivity (Wildman–Crippen MR) is 90.9 cm³/mol. The topological polar surface area (TPSA) is 75.3 Å². The lowest BCUT2D eigenvalue weighted by Crippen LogP contribution is -2.23. The van der Waals surface area contributed by atoms with Crippen molar-refractivity contribution in [1.29, 1.82) is 0 Å². The van der Waals surface area contributed by atoms with Crippen LogP contribution in [0.4, 0.5) is 10.1 Å². The molecule has 0 heterocycles. The van der Waals surface area contributed by atoms with Gasteiger partial charge in [-0.2, -0.15) is 0 Å². The Morgan fingerprint density at radius 3 is 2.67 bits per heavy atom. The highest BCUT2D eigenvalue weighted by atomic mass is 32.2. The van der Waals surface area contributed by atoms with Crippen molar-refractivity contribution in [2.45, 2.75) is 11.8 Å². The molecule has 0 aliphatic carbocycles. The maximum atomic E-state index is 13.6. The Morgan fingerprint density at radius 2 is 2.00 bits per heavy atom. The molecule has 0 saturated carbocycles. The zero-order chi connectivity index (χ0) is 17.7. The van der Waals surface area contributed by atoms with E-state index >= 15 is 0 Å². The number of amides is 1. The number of sulfonamides is 1. The van der Waals surface area contributed by atoms with E-state index in [2.05, 4.69) is 16.6 Å². The summed E-state index contributed by atoms with van der Waals surface area (Å²) in [6, 6.07) is 9.69. The van der Waals surface area contributed by atoms with Gasteiger partial charge in [-0.25, -0.2) is 12.8 Å². The average Bonchev–Trinajstić information content (AvgIpc) is 2.54. The summed E-state index contributed by atoms with van der Waals surface area (Å²) < 4.78 is 40.6. The van der Waals surface area contributed by atoms with Crippen LogP contribution in [0, 0.1) is 12.7 Å². The van der Waals surface area contributed by atoms with Crippen molar-refractivity contribution < 1.29 is 17.6 Å². The molecule has 126 valence electrons. The van der Waals surface area contributed by atoms with Crippen LogP contribution in [0.15, 0.2) is 60.0 Å². The normalized spacial score (nSPS) is 10.9. The Kier molecular flexibility index (Phi) is 5.35. The Morgan fingerprint density at radius 1 is 1.25 bits per heavy atom. The minimum Gasteiger partial charge on any atom is -0.349 e. The molecule has 24 heavy (non-hydrogen) atoms. The van der Waals surface area contributed by atoms with Crippen molar-refractivity contribution in [3.8, 4) is 0 Å². The number of aryl methyl sites for hydroxylation is 1. The molecule has 7 heteroatoms. The maximum Gasteiger partial charge on any atom is 0.261 e. The van der Waals surface area contributed by atoms with Gasteiger partial charge in [0, 0.05) is 17.8 Å². The second-order valence-electron chi connectivity index (χ2n) is 5.10. The van der Waals surface area contributed by atoms with Crippen LogP contribution in [0.3, 0.4) is 0 Å². The van der Waals surface area contributed by atoms with Crippen LogP contribution < -0.4 is 10.0 Å². The number of anilines is 1. The molecular formula is C17H17FN2O3S. The first-order valence-corrected chi connectivity index (χ1v) is 8.60. The third kappa shape index (κ3) is 4.20. The third-order valence-electron chi connectivity index (χ3n) is 3.24. The van der Waals surface area contributed by atoms with Crippen molar-refractivity contribution in [2.24, 2.45) is 0 Å². The Labute approximate surface area is 140 Å². The van der Waals surface area contributed by atoms with Gasteiger partial charge < -0.3 is 5.32 Å². The first kappa shape index (κ1) is 17.7. The summed E-state index contributed by atoms with van der Waals surface area (Å²) >= 11 is 0. The molecule has 0 saturated heterocycles. The quantitative estimate of drug-likeness (QED) is 0.788. The van der Waals surface area contributed by atoms with E-state index in [0.29, 0.717) is 17.7 Å². The lowest BCUT2D eigenvalue weighted by molar-refractivity contribution is 0.0958. The van der Waals surface area contributed by atoms with Gasteiger partial charge in [-0.1, -0.05) is 18.2 Å². The molecule has 0 atom stereocenters. The van der Waals surface area contributed by atoms with Gasteiger partial charge in [-0.3, -0.25) is 9.52 Å². The van der Waals surface area contributed by atoms with Crippen LogP contribution in [0.2, 0.25) is 0 Å². The molecule has 0 aliphatic rings. The Hall–Kier alpha value is -2.67. The third-order valence-corrected chi connectivity index (χ3v) is 4.62. The zero-order valence-corrected chi connectivity index (χ0v) is 13.9. The monoisotopic (exact) mass is 348 g/mol. The van der Waals surface area contributed by atoms with Crippen LogP contribution in [0.5, 0.6) is 0 Å². The largest absolute Gasteiger partial charge is 0.349 e. The maximum absolute atomic E-state index is 13.6. The highest BCUT2D eigenvalue weighted by Crippen LogP contribution is 2.19. The lowest BCUT2D eigenvalue weighted by atomic mass is 10.2. The van der Waals surface area contributed by atoms with E-state index in [4.69, 9.17) is 0 Å². The highest BCUT2D eigenvalue weighted by Gasteiger charge is 2.16. The Balaban J connectivity index is 2.25. The standard InChI is InChI=1S/C17H17FN2O3S/c1-3-9-19-17(21)13-5-4-6-14(10-13)20-24(22,23)15-8-7-12(2)16(18)11-15/h3-8,10-11,20H,1,9H2,2H3,(H,19,21). The molecule has 1 amide bonds. The first-order valence-electron chi connectivity index (χ1n) is 7.11. The summed E-state index contributed by atoms with van der Waals surface area (Å²) in [5.74, 6) is -0.951. The van der Waals surface area contributed by atoms with Gasteiger partial charge in [0.05, 0.1) is 4.90 Å². The predicted octanol–water partition coefficient (Wildman–Crippen LogP) is 2.85. The smallest absolute Gasteiger partial charge is 0.261 e. The number of halogens is 1. The summed E-state index contributed by atoms with van der Waals surface area (Å²) in [6.45, 7) is 5.35. The molecule has 0 bridgehead atoms. The number of carbonyl (C=O) groups is 1. The van der Waals surface area contributed by atoms with Crippen molar-refractivity contribution in [1.82, 2.24) is 5.32 Å². The van der Waals surface area contributed by atoms with Crippen molar-refractivity contribution in [3.05, 3.63) is 72.1 Å². The number of rotatable bonds is 6. The summed E-state index contributed by atoms with van der Waals surface area (Å²) in [6.07, 6.45) is 1.54. The molecule has 0 aromatic heterocycles. The van der Waals surface area contributed by atoms with Crippen LogP contribution >= 0.6 is 0 Å². The summed E-state index contributed by atoms with van der Waals surface area (Å²) in [4.78, 5) is 11.7. The molecular weight excluding hydrogens is 331 g/mol. The van der Waals surface area contributed by atoms with E-state index in [1.54, 1.807) is 19.1 Å². The number of nitrogens with one attached hydrogen (secondary N) is 2. The number of hydrogen-bond acceptors (Lipinski definition) is 3. The van der Waals surface area contributed by atoms with Gasteiger partial charge in [0.15, 0.2) is 0 Å². The van der Waals surface area contributed by atoms with Crippen LogP contribution in [-0.4, -0.2) is 20.9 Å². The van der Waals surface area contributed by atoms with Gasteiger partial charge in [0.25, 0.3) is 15.9 Å². The second-order valence-corrected chi connectivity index (χ2v) is 6.78. The molecule has 2 aromatic rings. The number of hydrogen-bond donors (Lipinski definition) is 2. The fourth-order valence-electron chi connectivity index (χ4n) is 1.95. The molecule has 0 unspecified atom stereocenters. The van der Waals surface area contributed by atoms with Gasteiger partial charge in [-0.15, -0.1) is 6.58 Å². The van der Waals surface area contributed by atoms with Crippen LogP contribution in [-0.2, 0) is 10.0 Å². The van der Waals surface area contributed by atoms with E-state index in [0.717, 1.165) is 6.07 Å². The molecule has 2 rings (SSSR count). The van der Waals surface area contributed by atoms with Gasteiger partial charge in [0.1, 0.15) is 5.82 Å². The SMILES string of the molecule is C=CCNC(=O)c1cccc(NS(=O)(=O)c2ccc(C)c(F)c2)c1. The van der Waals surface area contributed by atoms with Crippen molar-refractivity contribution in [2.75, 3.05) is 11.3 Å². The number of benzene rings is 2. The molecule has 0 aliphatic heterocycles. The van der Waals surface area contributed by atoms with Gasteiger partial charge in [0.2, 0.25) is 0 Å². The average molecular weight is 348 g/mol. The lowest BCUT2D eigenvalue weighted by Gasteiger charge is -2.10. The fourth-order valence-corrected chi connectivity index (χ4v) is 3.01. The van der Waals surface area contributed by atoms with E-state index in [1.807, 2.05) is 0 Å². The van der Waals surface area contributed by atoms with E-state index in [-0.39, 0.29) is 16.5 Å². The molecule has 5 nitrogen and oxygen atoms in total. The van der Waals surface area contributed by atoms with Crippen LogP contribution in [0.1, 0.15) is 15.9 Å². The highest BCUT2D eigenvalue weighted by molar-refractivity contribution is 7.92. The number of carbonyl (C=O) groups excluding carboxylic acids is 1. The molecule has 0 fully saturated rings. The van der Waals surface area contributed by atoms with Gasteiger partial charge >= 0.3 is 0 Å². The van der Waals surface area contributed by atoms with Crippen molar-refractivity contribution in [3.63, 3.8) is 0 Å². The van der Waals surface area contributed by atoms with Gasteiger partial charge in [-0.05, 0) is 42.8 Å². The first-order chi connectivity index (χ1) is 11.3. The fraction of sp³-hybridized carbons (Fsp3) is 0.118. The summed E-state index contributed by atoms with van der Waals surface area (Å²) in [5.41, 5.74) is 0.865. The van der Waals surface area contributed by atoms with Crippen LogP contribution in [0.25, 0.3) is 0 Å². The molecule has 2 N–H and O–H groups in total. The summed E-state index contributed by atoms with van der Waals surface area (Å²) in [7, 11) is -3.95. The molecule has 0 spiro atoms. The molecule has 2 aromatic carbocycles. The minimum absolute atomic E-state index is 0.188.